The zero-order chi connectivity index (χ0) is 24.9. The average molecular weight is 498 g/mol. The Balaban J connectivity index is 1.18. The van der Waals surface area contributed by atoms with Crippen LogP contribution in [0.4, 0.5) is 16.7 Å². The Labute approximate surface area is 211 Å². The van der Waals surface area contributed by atoms with Gasteiger partial charge in [-0.1, -0.05) is 0 Å². The maximum absolute atomic E-state index is 12.6. The molecule has 12 heteroatoms. The first-order valence-electron chi connectivity index (χ1n) is 12.7. The number of nitrogens with two attached hydrogens (primary N) is 1. The number of anilines is 2. The van der Waals surface area contributed by atoms with Crippen molar-refractivity contribution in [2.45, 2.75) is 37.8 Å². The number of aromatic nitrogens is 4. The number of hydrogen-bond acceptors (Lipinski definition) is 10. The second kappa shape index (κ2) is 11.2. The number of likely N-dealkylation sites (tertiary alicyclic amines) is 1. The highest BCUT2D eigenvalue weighted by Gasteiger charge is 2.36. The van der Waals surface area contributed by atoms with E-state index in [4.69, 9.17) is 20.2 Å². The molecule has 2 amide bonds. The summed E-state index contributed by atoms with van der Waals surface area (Å²) in [4.78, 5) is 36.4. The first-order chi connectivity index (χ1) is 17.5. The molecule has 0 bridgehead atoms. The molecule has 12 nitrogen and oxygen atoms in total. The summed E-state index contributed by atoms with van der Waals surface area (Å²) >= 11 is 0. The first kappa shape index (κ1) is 24.4. The van der Waals surface area contributed by atoms with E-state index in [1.807, 2.05) is 7.05 Å². The molecule has 0 radical (unpaired) electrons. The Morgan fingerprint density at radius 3 is 2.61 bits per heavy atom. The lowest BCUT2D eigenvalue weighted by Gasteiger charge is -2.40. The number of carbonyl (C=O) groups excluding carboxylic acids is 1. The fourth-order valence-corrected chi connectivity index (χ4v) is 4.73. The molecule has 36 heavy (non-hydrogen) atoms. The topological polar surface area (TPSA) is 135 Å². The predicted molar refractivity (Wildman–Crippen MR) is 135 cm³/mol. The van der Waals surface area contributed by atoms with Gasteiger partial charge in [0, 0.05) is 76.1 Å². The van der Waals surface area contributed by atoms with Gasteiger partial charge in [0.25, 0.3) is 0 Å². The molecule has 3 fully saturated rings. The second-order valence-electron chi connectivity index (χ2n) is 9.58. The maximum Gasteiger partial charge on any atom is 0.317 e. The Hall–Kier alpha value is -3.25. The number of morpholine rings is 1. The highest BCUT2D eigenvalue weighted by atomic mass is 16.5. The Morgan fingerprint density at radius 1 is 1.17 bits per heavy atom. The van der Waals surface area contributed by atoms with Crippen molar-refractivity contribution < 1.29 is 14.3 Å². The van der Waals surface area contributed by atoms with Crippen LogP contribution in [0.25, 0.3) is 11.3 Å². The molecule has 194 valence electrons. The molecule has 5 rings (SSSR count). The minimum absolute atomic E-state index is 0.0159. The minimum atomic E-state index is -0.0278. The summed E-state index contributed by atoms with van der Waals surface area (Å²) in [6, 6.07) is 1.92. The van der Waals surface area contributed by atoms with Crippen molar-refractivity contribution in [3.8, 4) is 17.1 Å². The first-order valence-corrected chi connectivity index (χ1v) is 12.7. The van der Waals surface area contributed by atoms with Gasteiger partial charge in [-0.15, -0.1) is 0 Å². The standard InChI is InChI=1S/C24H35N9O3/c1-31(24(34)26-4-7-32-5-2-3-6-32)18-12-19(13-18)36-21-14-20(17-15-27-22(25)28-16-17)29-23(30-21)33-8-10-35-11-9-33/h14-16,18-19H,2-13H2,1H3,(H,26,34)(H2,25,27,28). The van der Waals surface area contributed by atoms with Crippen LogP contribution in [0.1, 0.15) is 25.7 Å². The summed E-state index contributed by atoms with van der Waals surface area (Å²) in [6.45, 7) is 6.55. The SMILES string of the molecule is CN(C(=O)NCCN1CCCC1)C1CC(Oc2cc(-c3cnc(N)nc3)nc(N3CCOCC3)n2)C1. The molecule has 1 saturated carbocycles. The number of urea groups is 1. The molecule has 1 aliphatic carbocycles. The molecule has 2 saturated heterocycles. The Bertz CT molecular complexity index is 1020. The third-order valence-corrected chi connectivity index (χ3v) is 7.08. The van der Waals surface area contributed by atoms with E-state index in [9.17, 15) is 4.79 Å². The van der Waals surface area contributed by atoms with Gasteiger partial charge in [-0.2, -0.15) is 4.98 Å². The zero-order valence-corrected chi connectivity index (χ0v) is 20.8. The van der Waals surface area contributed by atoms with Crippen LogP contribution in [-0.2, 0) is 4.74 Å². The number of carbonyl (C=O) groups is 1. The molecule has 3 N–H and O–H groups in total. The Morgan fingerprint density at radius 2 is 1.89 bits per heavy atom. The fraction of sp³-hybridized carbons (Fsp3) is 0.625. The van der Waals surface area contributed by atoms with Crippen molar-refractivity contribution in [2.75, 3.05) is 70.2 Å². The molecular weight excluding hydrogens is 462 g/mol. The van der Waals surface area contributed by atoms with E-state index in [1.165, 1.54) is 12.8 Å². The quantitative estimate of drug-likeness (QED) is 0.544. The molecule has 0 unspecified atom stereocenters. The van der Waals surface area contributed by atoms with Crippen LogP contribution >= 0.6 is 0 Å². The normalized spacial score (nSPS) is 22.2. The summed E-state index contributed by atoms with van der Waals surface area (Å²) in [5.41, 5.74) is 7.06. The summed E-state index contributed by atoms with van der Waals surface area (Å²) in [6.07, 6.45) is 7.31. The van der Waals surface area contributed by atoms with Gasteiger partial charge in [0.05, 0.1) is 18.9 Å². The van der Waals surface area contributed by atoms with E-state index in [0.29, 0.717) is 50.4 Å². The summed E-state index contributed by atoms with van der Waals surface area (Å²) < 4.78 is 11.7. The molecule has 0 spiro atoms. The molecule has 0 atom stereocenters. The Kier molecular flexibility index (Phi) is 7.61. The smallest absolute Gasteiger partial charge is 0.317 e. The number of rotatable bonds is 8. The number of amides is 2. The van der Waals surface area contributed by atoms with E-state index >= 15 is 0 Å². The third-order valence-electron chi connectivity index (χ3n) is 7.08. The van der Waals surface area contributed by atoms with Gasteiger partial charge >= 0.3 is 6.03 Å². The van der Waals surface area contributed by atoms with E-state index in [1.54, 1.807) is 23.4 Å². The summed E-state index contributed by atoms with van der Waals surface area (Å²) in [5, 5.41) is 3.04. The number of hydrogen-bond donors (Lipinski definition) is 2. The molecule has 4 heterocycles. The monoisotopic (exact) mass is 497 g/mol. The van der Waals surface area contributed by atoms with Crippen LogP contribution in [-0.4, -0.2) is 107 Å². The lowest BCUT2D eigenvalue weighted by Crippen LogP contribution is -2.53. The molecule has 2 aromatic heterocycles. The van der Waals surface area contributed by atoms with E-state index in [0.717, 1.165) is 38.0 Å². The number of nitrogens with zero attached hydrogens (tertiary/aromatic N) is 7. The van der Waals surface area contributed by atoms with E-state index < -0.39 is 0 Å². The highest BCUT2D eigenvalue weighted by molar-refractivity contribution is 5.74. The average Bonchev–Trinajstić information content (AvgIpc) is 3.40. The maximum atomic E-state index is 12.6. The summed E-state index contributed by atoms with van der Waals surface area (Å²) in [7, 11) is 1.85. The molecule has 2 aliphatic heterocycles. The van der Waals surface area contributed by atoms with Gasteiger partial charge < -0.3 is 35.2 Å². The number of nitrogen functional groups attached to an aromatic ring is 1. The van der Waals surface area contributed by atoms with Crippen LogP contribution in [0, 0.1) is 0 Å². The van der Waals surface area contributed by atoms with E-state index in [2.05, 4.69) is 30.1 Å². The number of nitrogens with one attached hydrogen (secondary N) is 1. The van der Waals surface area contributed by atoms with Gasteiger partial charge in [0.2, 0.25) is 17.8 Å². The number of ether oxygens (including phenoxy) is 2. The third kappa shape index (κ3) is 5.93. The van der Waals surface area contributed by atoms with Crippen LogP contribution in [0.15, 0.2) is 18.5 Å². The van der Waals surface area contributed by atoms with Crippen LogP contribution in [0.5, 0.6) is 5.88 Å². The predicted octanol–water partition coefficient (Wildman–Crippen LogP) is 0.999. The van der Waals surface area contributed by atoms with Crippen LogP contribution < -0.4 is 20.7 Å². The van der Waals surface area contributed by atoms with Gasteiger partial charge in [0.15, 0.2) is 0 Å². The van der Waals surface area contributed by atoms with Crippen molar-refractivity contribution in [2.24, 2.45) is 0 Å². The van der Waals surface area contributed by atoms with Crippen LogP contribution in [0.3, 0.4) is 0 Å². The van der Waals surface area contributed by atoms with Gasteiger partial charge in [0.1, 0.15) is 6.10 Å². The molecule has 0 aromatic carbocycles. The zero-order valence-electron chi connectivity index (χ0n) is 20.8. The minimum Gasteiger partial charge on any atom is -0.474 e. The lowest BCUT2D eigenvalue weighted by molar-refractivity contribution is 0.0405. The highest BCUT2D eigenvalue weighted by Crippen LogP contribution is 2.31. The van der Waals surface area contributed by atoms with E-state index in [-0.39, 0.29) is 24.1 Å². The second-order valence-corrected chi connectivity index (χ2v) is 9.58. The van der Waals surface area contributed by atoms with Gasteiger partial charge in [-0.25, -0.2) is 19.7 Å². The van der Waals surface area contributed by atoms with Crippen molar-refractivity contribution in [1.82, 2.24) is 35.1 Å². The van der Waals surface area contributed by atoms with Crippen molar-refractivity contribution in [3.05, 3.63) is 18.5 Å². The van der Waals surface area contributed by atoms with Gasteiger partial charge in [-0.3, -0.25) is 0 Å². The summed E-state index contributed by atoms with van der Waals surface area (Å²) in [5.74, 6) is 1.30. The largest absolute Gasteiger partial charge is 0.474 e. The fourth-order valence-electron chi connectivity index (χ4n) is 4.73. The molecular formula is C24H35N9O3. The van der Waals surface area contributed by atoms with Gasteiger partial charge in [-0.05, 0) is 25.9 Å². The molecule has 3 aliphatic rings. The van der Waals surface area contributed by atoms with Crippen molar-refractivity contribution >= 4 is 17.9 Å². The van der Waals surface area contributed by atoms with Crippen LogP contribution in [0.2, 0.25) is 0 Å². The lowest BCUT2D eigenvalue weighted by atomic mass is 9.88. The van der Waals surface area contributed by atoms with Crippen molar-refractivity contribution in [3.63, 3.8) is 0 Å². The molecule has 2 aromatic rings. The van der Waals surface area contributed by atoms with Crippen molar-refractivity contribution in [1.29, 1.82) is 0 Å².